The highest BCUT2D eigenvalue weighted by molar-refractivity contribution is 7.99. The van der Waals surface area contributed by atoms with Crippen molar-refractivity contribution in [1.29, 1.82) is 0 Å². The Morgan fingerprint density at radius 2 is 2.41 bits per heavy atom. The summed E-state index contributed by atoms with van der Waals surface area (Å²) in [6, 6.07) is 4.39. The average Bonchev–Trinajstić information content (AvgIpc) is 2.78. The standard InChI is InChI=1S/C13H20N2OS/c1-3-17-11-7-6-10(9-11)15-13-12(16-2)5-4-8-14-13/h4-5,8,10-11H,3,6-7,9H2,1-2H3,(H,14,15). The minimum Gasteiger partial charge on any atom is -0.493 e. The molecular formula is C13H20N2OS. The Balaban J connectivity index is 1.93. The van der Waals surface area contributed by atoms with E-state index in [-0.39, 0.29) is 0 Å². The van der Waals surface area contributed by atoms with Gasteiger partial charge in [0, 0.05) is 17.5 Å². The van der Waals surface area contributed by atoms with Crippen LogP contribution in [-0.4, -0.2) is 29.1 Å². The first-order chi connectivity index (χ1) is 8.33. The Labute approximate surface area is 107 Å². The Hall–Kier alpha value is -0.900. The van der Waals surface area contributed by atoms with E-state index in [1.807, 2.05) is 12.1 Å². The summed E-state index contributed by atoms with van der Waals surface area (Å²) in [5.74, 6) is 2.92. The first-order valence-electron chi connectivity index (χ1n) is 6.20. The molecule has 1 heterocycles. The van der Waals surface area contributed by atoms with Crippen molar-refractivity contribution in [2.75, 3.05) is 18.2 Å². The molecule has 0 radical (unpaired) electrons. The molecule has 1 aromatic rings. The van der Waals surface area contributed by atoms with Gasteiger partial charge in [0.15, 0.2) is 11.6 Å². The average molecular weight is 252 g/mol. The summed E-state index contributed by atoms with van der Waals surface area (Å²) in [4.78, 5) is 4.34. The first kappa shape index (κ1) is 12.6. The number of rotatable bonds is 5. The van der Waals surface area contributed by atoms with Crippen LogP contribution in [0.5, 0.6) is 5.75 Å². The van der Waals surface area contributed by atoms with E-state index in [2.05, 4.69) is 29.0 Å². The number of hydrogen-bond donors (Lipinski definition) is 1. The number of anilines is 1. The van der Waals surface area contributed by atoms with E-state index in [1.54, 1.807) is 13.3 Å². The largest absolute Gasteiger partial charge is 0.493 e. The molecule has 0 saturated heterocycles. The lowest BCUT2D eigenvalue weighted by atomic mass is 10.2. The van der Waals surface area contributed by atoms with Crippen LogP contribution in [0.15, 0.2) is 18.3 Å². The van der Waals surface area contributed by atoms with Crippen molar-refractivity contribution in [3.8, 4) is 5.75 Å². The molecule has 17 heavy (non-hydrogen) atoms. The fourth-order valence-electron chi connectivity index (χ4n) is 2.32. The molecule has 1 saturated carbocycles. The van der Waals surface area contributed by atoms with E-state index >= 15 is 0 Å². The van der Waals surface area contributed by atoms with Crippen LogP contribution in [0.1, 0.15) is 26.2 Å². The topological polar surface area (TPSA) is 34.2 Å². The quantitative estimate of drug-likeness (QED) is 0.872. The van der Waals surface area contributed by atoms with E-state index in [0.717, 1.165) is 16.8 Å². The highest BCUT2D eigenvalue weighted by atomic mass is 32.2. The van der Waals surface area contributed by atoms with Gasteiger partial charge in [0.1, 0.15) is 0 Å². The van der Waals surface area contributed by atoms with Crippen molar-refractivity contribution >= 4 is 17.6 Å². The minimum absolute atomic E-state index is 0.544. The number of methoxy groups -OCH3 is 1. The number of ether oxygens (including phenoxy) is 1. The SMILES string of the molecule is CCSC1CCC(Nc2ncccc2OC)C1. The highest BCUT2D eigenvalue weighted by Gasteiger charge is 2.25. The summed E-state index contributed by atoms with van der Waals surface area (Å²) in [5.41, 5.74) is 0. The highest BCUT2D eigenvalue weighted by Crippen LogP contribution is 2.32. The molecule has 0 spiro atoms. The van der Waals surface area contributed by atoms with Crippen LogP contribution < -0.4 is 10.1 Å². The molecule has 2 rings (SSSR count). The predicted molar refractivity (Wildman–Crippen MR) is 74.0 cm³/mol. The van der Waals surface area contributed by atoms with Crippen molar-refractivity contribution in [2.24, 2.45) is 0 Å². The lowest BCUT2D eigenvalue weighted by Gasteiger charge is -2.15. The van der Waals surface area contributed by atoms with E-state index in [4.69, 9.17) is 4.74 Å². The van der Waals surface area contributed by atoms with E-state index in [9.17, 15) is 0 Å². The van der Waals surface area contributed by atoms with E-state index in [1.165, 1.54) is 25.0 Å². The number of nitrogens with zero attached hydrogens (tertiary/aromatic N) is 1. The maximum atomic E-state index is 5.30. The van der Waals surface area contributed by atoms with Gasteiger partial charge in [-0.3, -0.25) is 0 Å². The van der Waals surface area contributed by atoms with E-state index < -0.39 is 0 Å². The molecule has 1 fully saturated rings. The molecule has 0 aromatic carbocycles. The van der Waals surface area contributed by atoms with Crippen LogP contribution in [0.2, 0.25) is 0 Å². The molecular weight excluding hydrogens is 232 g/mol. The molecule has 1 aliphatic carbocycles. The maximum absolute atomic E-state index is 5.30. The van der Waals surface area contributed by atoms with Crippen LogP contribution in [0.25, 0.3) is 0 Å². The van der Waals surface area contributed by atoms with E-state index in [0.29, 0.717) is 6.04 Å². The normalized spacial score (nSPS) is 23.6. The summed E-state index contributed by atoms with van der Waals surface area (Å²) >= 11 is 2.07. The van der Waals surface area contributed by atoms with Crippen molar-refractivity contribution < 1.29 is 4.74 Å². The van der Waals surface area contributed by atoms with Gasteiger partial charge in [0.25, 0.3) is 0 Å². The zero-order chi connectivity index (χ0) is 12.1. The monoisotopic (exact) mass is 252 g/mol. The molecule has 1 N–H and O–H groups in total. The molecule has 0 amide bonds. The van der Waals surface area contributed by atoms with Gasteiger partial charge in [0.2, 0.25) is 0 Å². The van der Waals surface area contributed by atoms with Crippen LogP contribution >= 0.6 is 11.8 Å². The molecule has 94 valence electrons. The minimum atomic E-state index is 0.544. The van der Waals surface area contributed by atoms with Crippen LogP contribution in [-0.2, 0) is 0 Å². The fraction of sp³-hybridized carbons (Fsp3) is 0.615. The molecule has 4 heteroatoms. The van der Waals surface area contributed by atoms with Crippen molar-refractivity contribution in [3.63, 3.8) is 0 Å². The predicted octanol–water partition coefficient (Wildman–Crippen LogP) is 3.18. The smallest absolute Gasteiger partial charge is 0.168 e. The summed E-state index contributed by atoms with van der Waals surface area (Å²) in [5, 5.41) is 4.31. The Morgan fingerprint density at radius 1 is 1.53 bits per heavy atom. The first-order valence-corrected chi connectivity index (χ1v) is 7.25. The number of pyridine rings is 1. The number of aromatic nitrogens is 1. The Kier molecular flexibility index (Phi) is 4.54. The van der Waals surface area contributed by atoms with Gasteiger partial charge in [-0.1, -0.05) is 6.92 Å². The van der Waals surface area contributed by atoms with Gasteiger partial charge in [-0.15, -0.1) is 0 Å². The summed E-state index contributed by atoms with van der Waals surface area (Å²) in [6.45, 7) is 2.23. The van der Waals surface area contributed by atoms with Gasteiger partial charge >= 0.3 is 0 Å². The molecule has 3 nitrogen and oxygen atoms in total. The van der Waals surface area contributed by atoms with Crippen LogP contribution in [0.4, 0.5) is 5.82 Å². The summed E-state index contributed by atoms with van der Waals surface area (Å²) in [6.07, 6.45) is 5.58. The molecule has 2 unspecified atom stereocenters. The van der Waals surface area contributed by atoms with Gasteiger partial charge in [-0.25, -0.2) is 4.98 Å². The summed E-state index contributed by atoms with van der Waals surface area (Å²) < 4.78 is 5.30. The third-order valence-electron chi connectivity index (χ3n) is 3.12. The molecule has 1 aromatic heterocycles. The zero-order valence-corrected chi connectivity index (χ0v) is 11.3. The number of thioether (sulfide) groups is 1. The Bertz CT molecular complexity index is 359. The number of nitrogens with one attached hydrogen (secondary N) is 1. The molecule has 2 atom stereocenters. The second-order valence-corrected chi connectivity index (χ2v) is 5.86. The summed E-state index contributed by atoms with van der Waals surface area (Å²) in [7, 11) is 1.69. The van der Waals surface area contributed by atoms with Crippen molar-refractivity contribution in [2.45, 2.75) is 37.5 Å². The van der Waals surface area contributed by atoms with Gasteiger partial charge < -0.3 is 10.1 Å². The number of hydrogen-bond acceptors (Lipinski definition) is 4. The third kappa shape index (κ3) is 3.28. The van der Waals surface area contributed by atoms with Gasteiger partial charge in [0.05, 0.1) is 7.11 Å². The molecule has 0 aliphatic heterocycles. The third-order valence-corrected chi connectivity index (χ3v) is 4.35. The van der Waals surface area contributed by atoms with Gasteiger partial charge in [-0.2, -0.15) is 11.8 Å². The lowest BCUT2D eigenvalue weighted by molar-refractivity contribution is 0.414. The fourth-order valence-corrected chi connectivity index (χ4v) is 3.46. The van der Waals surface area contributed by atoms with Gasteiger partial charge in [-0.05, 0) is 37.1 Å². The van der Waals surface area contributed by atoms with Crippen LogP contribution in [0.3, 0.4) is 0 Å². The van der Waals surface area contributed by atoms with Crippen molar-refractivity contribution in [1.82, 2.24) is 4.98 Å². The molecule has 0 bridgehead atoms. The van der Waals surface area contributed by atoms with Crippen LogP contribution in [0, 0.1) is 0 Å². The second kappa shape index (κ2) is 6.15. The lowest BCUT2D eigenvalue weighted by Crippen LogP contribution is -2.17. The Morgan fingerprint density at radius 3 is 3.18 bits per heavy atom. The molecule has 1 aliphatic rings. The second-order valence-electron chi connectivity index (χ2n) is 4.29. The van der Waals surface area contributed by atoms with Crippen molar-refractivity contribution in [3.05, 3.63) is 18.3 Å². The maximum Gasteiger partial charge on any atom is 0.168 e. The zero-order valence-electron chi connectivity index (χ0n) is 10.5.